The third-order valence-electron chi connectivity index (χ3n) is 3.52. The number of alkyl carbamates (subject to hydrolysis) is 1. The Bertz CT molecular complexity index is 621. The zero-order valence-corrected chi connectivity index (χ0v) is 16.2. The van der Waals surface area contributed by atoms with Crippen molar-refractivity contribution in [2.24, 2.45) is 0 Å². The second-order valence-corrected chi connectivity index (χ2v) is 7.06. The lowest BCUT2D eigenvalue weighted by Gasteiger charge is -2.20. The van der Waals surface area contributed by atoms with Crippen molar-refractivity contribution < 1.29 is 19.1 Å². The summed E-state index contributed by atoms with van der Waals surface area (Å²) in [6.07, 6.45) is 0.398. The third kappa shape index (κ3) is 8.00. The van der Waals surface area contributed by atoms with Crippen molar-refractivity contribution in [1.29, 1.82) is 0 Å². The molecule has 0 aliphatic carbocycles. The van der Waals surface area contributed by atoms with Crippen molar-refractivity contribution in [2.45, 2.75) is 45.8 Å². The Labute approximate surface area is 155 Å². The van der Waals surface area contributed by atoms with Crippen LogP contribution in [-0.4, -0.2) is 49.0 Å². The molecule has 7 nitrogen and oxygen atoms in total. The van der Waals surface area contributed by atoms with E-state index in [1.54, 1.807) is 51.9 Å². The lowest BCUT2D eigenvalue weighted by atomic mass is 10.1. The minimum Gasteiger partial charge on any atom is -0.444 e. The van der Waals surface area contributed by atoms with Crippen LogP contribution < -0.4 is 10.6 Å². The summed E-state index contributed by atoms with van der Waals surface area (Å²) < 4.78 is 5.13. The van der Waals surface area contributed by atoms with Gasteiger partial charge in [0.15, 0.2) is 0 Å². The van der Waals surface area contributed by atoms with Gasteiger partial charge < -0.3 is 20.3 Å². The van der Waals surface area contributed by atoms with Gasteiger partial charge in [-0.3, -0.25) is 9.59 Å². The van der Waals surface area contributed by atoms with Crippen LogP contribution >= 0.6 is 0 Å². The molecule has 0 fully saturated rings. The normalized spacial score (nSPS) is 10.8. The molecule has 0 aromatic heterocycles. The van der Waals surface area contributed by atoms with E-state index in [1.165, 1.54) is 0 Å². The van der Waals surface area contributed by atoms with Crippen LogP contribution in [0.5, 0.6) is 0 Å². The highest BCUT2D eigenvalue weighted by Gasteiger charge is 2.16. The molecule has 3 amide bonds. The molecule has 0 saturated heterocycles. The molecular weight excluding hydrogens is 334 g/mol. The lowest BCUT2D eigenvalue weighted by Crippen LogP contribution is -2.33. The summed E-state index contributed by atoms with van der Waals surface area (Å²) in [5, 5.41) is 5.20. The highest BCUT2D eigenvalue weighted by Crippen LogP contribution is 2.09. The molecule has 7 heteroatoms. The highest BCUT2D eigenvalue weighted by atomic mass is 16.6. The molecule has 0 saturated carbocycles. The Balaban J connectivity index is 2.34. The van der Waals surface area contributed by atoms with Crippen LogP contribution in [0.2, 0.25) is 0 Å². The predicted molar refractivity (Wildman–Crippen MR) is 99.8 cm³/mol. The fourth-order valence-corrected chi connectivity index (χ4v) is 2.20. The number of rotatable bonds is 7. The number of hydrogen-bond acceptors (Lipinski definition) is 4. The predicted octanol–water partition coefficient (Wildman–Crippen LogP) is 2.31. The molecule has 0 heterocycles. The van der Waals surface area contributed by atoms with E-state index in [0.29, 0.717) is 31.5 Å². The SMILES string of the molecule is CNC(=O)c1ccc(CN(C)C(=O)CCCNC(=O)OC(C)(C)C)cc1. The van der Waals surface area contributed by atoms with Gasteiger partial charge in [0.05, 0.1) is 0 Å². The summed E-state index contributed by atoms with van der Waals surface area (Å²) in [6, 6.07) is 7.13. The van der Waals surface area contributed by atoms with E-state index in [4.69, 9.17) is 4.74 Å². The first-order valence-electron chi connectivity index (χ1n) is 8.64. The molecule has 26 heavy (non-hydrogen) atoms. The first-order chi connectivity index (χ1) is 12.1. The third-order valence-corrected chi connectivity index (χ3v) is 3.52. The minimum absolute atomic E-state index is 0.00799. The van der Waals surface area contributed by atoms with Gasteiger partial charge >= 0.3 is 6.09 Å². The van der Waals surface area contributed by atoms with E-state index >= 15 is 0 Å². The number of carbonyl (C=O) groups is 3. The van der Waals surface area contributed by atoms with Crippen LogP contribution in [-0.2, 0) is 16.1 Å². The van der Waals surface area contributed by atoms with Gasteiger partial charge in [-0.15, -0.1) is 0 Å². The van der Waals surface area contributed by atoms with Crippen molar-refractivity contribution >= 4 is 17.9 Å². The number of nitrogens with one attached hydrogen (secondary N) is 2. The summed E-state index contributed by atoms with van der Waals surface area (Å²) in [7, 11) is 3.32. The lowest BCUT2D eigenvalue weighted by molar-refractivity contribution is -0.130. The number of hydrogen-bond donors (Lipinski definition) is 2. The van der Waals surface area contributed by atoms with Crippen LogP contribution in [0.25, 0.3) is 0 Å². The molecule has 0 spiro atoms. The summed E-state index contributed by atoms with van der Waals surface area (Å²) in [6.45, 7) is 6.24. The molecule has 0 unspecified atom stereocenters. The van der Waals surface area contributed by atoms with Crippen molar-refractivity contribution in [3.63, 3.8) is 0 Å². The van der Waals surface area contributed by atoms with Crippen LogP contribution in [0.1, 0.15) is 49.5 Å². The first kappa shape index (κ1) is 21.5. The topological polar surface area (TPSA) is 87.7 Å². The number of amides is 3. The molecule has 0 bridgehead atoms. The quantitative estimate of drug-likeness (QED) is 0.728. The van der Waals surface area contributed by atoms with Gasteiger partial charge in [0.25, 0.3) is 5.91 Å². The zero-order chi connectivity index (χ0) is 19.7. The first-order valence-corrected chi connectivity index (χ1v) is 8.64. The molecule has 0 aliphatic heterocycles. The van der Waals surface area contributed by atoms with E-state index in [0.717, 1.165) is 5.56 Å². The molecule has 1 aromatic rings. The Kier molecular flexibility index (Phi) is 8.09. The van der Waals surface area contributed by atoms with Crippen LogP contribution in [0.3, 0.4) is 0 Å². The second kappa shape index (κ2) is 9.79. The van der Waals surface area contributed by atoms with E-state index < -0.39 is 11.7 Å². The monoisotopic (exact) mass is 363 g/mol. The Morgan fingerprint density at radius 1 is 1.12 bits per heavy atom. The molecule has 2 N–H and O–H groups in total. The van der Waals surface area contributed by atoms with Gasteiger partial charge in [0.1, 0.15) is 5.60 Å². The fraction of sp³-hybridized carbons (Fsp3) is 0.526. The van der Waals surface area contributed by atoms with E-state index in [9.17, 15) is 14.4 Å². The van der Waals surface area contributed by atoms with Crippen molar-refractivity contribution in [1.82, 2.24) is 15.5 Å². The van der Waals surface area contributed by atoms with Crippen molar-refractivity contribution in [3.8, 4) is 0 Å². The molecule has 1 aromatic carbocycles. The number of nitrogens with zero attached hydrogens (tertiary/aromatic N) is 1. The standard InChI is InChI=1S/C19H29N3O4/c1-19(2,3)26-18(25)21-12-6-7-16(23)22(5)13-14-8-10-15(11-9-14)17(24)20-4/h8-11H,6-7,12-13H2,1-5H3,(H,20,24)(H,21,25). The summed E-state index contributed by atoms with van der Waals surface area (Å²) >= 11 is 0. The van der Waals surface area contributed by atoms with Crippen molar-refractivity contribution in [3.05, 3.63) is 35.4 Å². The molecule has 144 valence electrons. The fourth-order valence-electron chi connectivity index (χ4n) is 2.20. The van der Waals surface area contributed by atoms with E-state index in [-0.39, 0.29) is 11.8 Å². The molecule has 0 aliphatic rings. The van der Waals surface area contributed by atoms with Crippen LogP contribution in [0.15, 0.2) is 24.3 Å². The number of benzene rings is 1. The Hall–Kier alpha value is -2.57. The number of carbonyl (C=O) groups excluding carboxylic acids is 3. The largest absolute Gasteiger partial charge is 0.444 e. The maximum absolute atomic E-state index is 12.2. The summed E-state index contributed by atoms with van der Waals surface area (Å²) in [5.41, 5.74) is 0.992. The maximum Gasteiger partial charge on any atom is 0.407 e. The van der Waals surface area contributed by atoms with Gasteiger partial charge in [-0.2, -0.15) is 0 Å². The maximum atomic E-state index is 12.2. The van der Waals surface area contributed by atoms with Gasteiger partial charge in [-0.05, 0) is 44.9 Å². The van der Waals surface area contributed by atoms with Crippen LogP contribution in [0, 0.1) is 0 Å². The minimum atomic E-state index is -0.534. The van der Waals surface area contributed by atoms with Crippen LogP contribution in [0.4, 0.5) is 4.79 Å². The van der Waals surface area contributed by atoms with Gasteiger partial charge in [0.2, 0.25) is 5.91 Å². The smallest absolute Gasteiger partial charge is 0.407 e. The van der Waals surface area contributed by atoms with Gasteiger partial charge in [-0.1, -0.05) is 12.1 Å². The molecule has 1 rings (SSSR count). The summed E-state index contributed by atoms with van der Waals surface area (Å²) in [4.78, 5) is 36.8. The molecular formula is C19H29N3O4. The summed E-state index contributed by atoms with van der Waals surface area (Å²) in [5.74, 6) is -0.148. The second-order valence-electron chi connectivity index (χ2n) is 7.06. The van der Waals surface area contributed by atoms with Gasteiger partial charge in [0, 0.05) is 39.2 Å². The Morgan fingerprint density at radius 3 is 2.27 bits per heavy atom. The highest BCUT2D eigenvalue weighted by molar-refractivity contribution is 5.93. The Morgan fingerprint density at radius 2 is 1.73 bits per heavy atom. The zero-order valence-electron chi connectivity index (χ0n) is 16.2. The number of ether oxygens (including phenoxy) is 1. The molecule has 0 radical (unpaired) electrons. The van der Waals surface area contributed by atoms with Gasteiger partial charge in [-0.25, -0.2) is 4.79 Å². The van der Waals surface area contributed by atoms with E-state index in [1.807, 2.05) is 12.1 Å². The average Bonchev–Trinajstić information content (AvgIpc) is 2.56. The molecule has 0 atom stereocenters. The average molecular weight is 363 g/mol. The van der Waals surface area contributed by atoms with Crippen molar-refractivity contribution in [2.75, 3.05) is 20.6 Å². The van der Waals surface area contributed by atoms with E-state index in [2.05, 4.69) is 10.6 Å².